The maximum atomic E-state index is 6.96. The van der Waals surface area contributed by atoms with Crippen molar-refractivity contribution in [1.82, 2.24) is 23.3 Å². The van der Waals surface area contributed by atoms with Crippen LogP contribution in [0.4, 0.5) is 0 Å². The van der Waals surface area contributed by atoms with Crippen LogP contribution >= 0.6 is 0 Å². The minimum Gasteiger partial charge on any atom is -0.510 e. The molecule has 8 heteroatoms. The molecule has 0 bridgehead atoms. The van der Waals surface area contributed by atoms with Gasteiger partial charge in [-0.15, -0.1) is 24.3 Å². The van der Waals surface area contributed by atoms with E-state index in [2.05, 4.69) is 275 Å². The normalized spacial score (nSPS) is 11.9. The summed E-state index contributed by atoms with van der Waals surface area (Å²) in [5, 5.41) is 6.90. The molecule has 5 heterocycles. The Labute approximate surface area is 471 Å². The van der Waals surface area contributed by atoms with Gasteiger partial charge in [-0.2, -0.15) is 18.2 Å². The SMILES string of the molecule is Cn1c2ccccc2c2c1c1c3ccc(Oc4[c-]c(-[n+]5[c-]n(-c6c(-c7ccccc7)cccc6-c6ccccc6)c6ccccc65)ccc4)[c-]c3n(-c3cc(C(C)(C)C)ccn3)c1c1c3ccccc3n(-c3ccccc3)c21.[Pt]. The Kier molecular flexibility index (Phi) is 11.4. The van der Waals surface area contributed by atoms with Gasteiger partial charge in [-0.3, -0.25) is 4.57 Å². The zero-order valence-corrected chi connectivity index (χ0v) is 46.1. The van der Waals surface area contributed by atoms with Crippen LogP contribution in [0.15, 0.2) is 231 Å². The molecule has 0 saturated carbocycles. The first-order chi connectivity index (χ1) is 38.3. The van der Waals surface area contributed by atoms with Gasteiger partial charge in [-0.1, -0.05) is 189 Å². The van der Waals surface area contributed by atoms with E-state index in [1.165, 1.54) is 16.3 Å². The van der Waals surface area contributed by atoms with Crippen LogP contribution in [0, 0.1) is 18.5 Å². The van der Waals surface area contributed by atoms with Gasteiger partial charge in [0, 0.05) is 84.1 Å². The average molecular weight is 1200 g/mol. The van der Waals surface area contributed by atoms with Crippen molar-refractivity contribution in [3.05, 3.63) is 255 Å². The van der Waals surface area contributed by atoms with E-state index in [0.29, 0.717) is 11.5 Å². The molecular formula is C71H50N6OPt-2. The summed E-state index contributed by atoms with van der Waals surface area (Å²) in [6.45, 7) is 6.76. The second-order valence-electron chi connectivity index (χ2n) is 21.2. The second kappa shape index (κ2) is 18.7. The average Bonchev–Trinajstić information content (AvgIpc) is 3.87. The third-order valence-corrected chi connectivity index (χ3v) is 15.6. The molecule has 10 aromatic carbocycles. The number of imidazole rings is 1. The van der Waals surface area contributed by atoms with Gasteiger partial charge in [0.15, 0.2) is 0 Å². The van der Waals surface area contributed by atoms with Gasteiger partial charge >= 0.3 is 0 Å². The fraction of sp³-hybridized carbons (Fsp3) is 0.0704. The Morgan fingerprint density at radius 3 is 1.77 bits per heavy atom. The van der Waals surface area contributed by atoms with Crippen molar-refractivity contribution in [2.24, 2.45) is 7.05 Å². The monoisotopic (exact) mass is 1200 g/mol. The Morgan fingerprint density at radius 1 is 0.494 bits per heavy atom. The van der Waals surface area contributed by atoms with Crippen LogP contribution in [0.5, 0.6) is 11.5 Å². The Bertz CT molecular complexity index is 4810. The molecule has 0 aliphatic heterocycles. The summed E-state index contributed by atoms with van der Waals surface area (Å²) < 4.78 is 18.4. The van der Waals surface area contributed by atoms with Gasteiger partial charge in [0.25, 0.3) is 6.33 Å². The van der Waals surface area contributed by atoms with Crippen LogP contribution in [-0.4, -0.2) is 23.3 Å². The molecule has 0 aliphatic carbocycles. The van der Waals surface area contributed by atoms with E-state index in [1.807, 2.05) is 24.4 Å². The molecule has 15 rings (SSSR count). The van der Waals surface area contributed by atoms with Gasteiger partial charge in [0.1, 0.15) is 5.82 Å². The van der Waals surface area contributed by atoms with Gasteiger partial charge in [0.2, 0.25) is 0 Å². The van der Waals surface area contributed by atoms with Crippen molar-refractivity contribution in [2.75, 3.05) is 0 Å². The van der Waals surface area contributed by atoms with E-state index in [9.17, 15) is 0 Å². The molecule has 15 aromatic rings. The summed E-state index contributed by atoms with van der Waals surface area (Å²) in [7, 11) is 2.20. The first kappa shape index (κ1) is 48.1. The largest absolute Gasteiger partial charge is 0.510 e. The summed E-state index contributed by atoms with van der Waals surface area (Å²) in [6.07, 6.45) is 5.75. The molecule has 0 spiro atoms. The molecule has 0 amide bonds. The molecule has 0 saturated heterocycles. The molecule has 7 nitrogen and oxygen atoms in total. The number of hydrogen-bond acceptors (Lipinski definition) is 2. The summed E-state index contributed by atoms with van der Waals surface area (Å²) in [6, 6.07) is 86.8. The molecule has 0 fully saturated rings. The van der Waals surface area contributed by atoms with Gasteiger partial charge < -0.3 is 23.0 Å². The summed E-state index contributed by atoms with van der Waals surface area (Å²) in [5.41, 5.74) is 17.0. The zero-order valence-electron chi connectivity index (χ0n) is 43.8. The molecule has 0 atom stereocenters. The van der Waals surface area contributed by atoms with Crippen molar-refractivity contribution >= 4 is 76.5 Å². The minimum absolute atomic E-state index is 0. The smallest absolute Gasteiger partial charge is 0.268 e. The van der Waals surface area contributed by atoms with Crippen molar-refractivity contribution in [2.45, 2.75) is 26.2 Å². The molecule has 5 aromatic heterocycles. The first-order valence-corrected chi connectivity index (χ1v) is 26.5. The van der Waals surface area contributed by atoms with Gasteiger partial charge in [-0.05, 0) is 80.7 Å². The summed E-state index contributed by atoms with van der Waals surface area (Å²) in [5.74, 6) is 1.92. The van der Waals surface area contributed by atoms with Crippen molar-refractivity contribution in [3.8, 4) is 56.6 Å². The summed E-state index contributed by atoms with van der Waals surface area (Å²) in [4.78, 5) is 5.22. The maximum Gasteiger partial charge on any atom is 0.268 e. The Balaban J connectivity index is 0.00000564. The molecule has 0 N–H and O–H groups in total. The maximum absolute atomic E-state index is 6.96. The van der Waals surface area contributed by atoms with Crippen molar-refractivity contribution in [3.63, 3.8) is 0 Å². The van der Waals surface area contributed by atoms with Crippen LogP contribution in [-0.2, 0) is 33.5 Å². The van der Waals surface area contributed by atoms with E-state index in [1.54, 1.807) is 0 Å². The van der Waals surface area contributed by atoms with E-state index in [0.717, 1.165) is 111 Å². The number of para-hydroxylation sites is 6. The van der Waals surface area contributed by atoms with Crippen molar-refractivity contribution < 1.29 is 30.4 Å². The van der Waals surface area contributed by atoms with Crippen LogP contribution in [0.3, 0.4) is 0 Å². The number of ether oxygens (including phenoxy) is 1. The number of fused-ring (bicyclic) bond motifs is 13. The molecule has 0 unspecified atom stereocenters. The third kappa shape index (κ3) is 7.59. The Morgan fingerprint density at radius 2 is 1.06 bits per heavy atom. The Hall–Kier alpha value is -9.29. The molecule has 382 valence electrons. The van der Waals surface area contributed by atoms with Crippen LogP contribution in [0.25, 0.3) is 122 Å². The first-order valence-electron chi connectivity index (χ1n) is 26.5. The number of benzene rings is 10. The molecule has 0 radical (unpaired) electrons. The summed E-state index contributed by atoms with van der Waals surface area (Å²) >= 11 is 0. The number of aromatic nitrogens is 6. The number of nitrogens with zero attached hydrogens (tertiary/aromatic N) is 6. The van der Waals surface area contributed by atoms with E-state index in [4.69, 9.17) is 9.72 Å². The van der Waals surface area contributed by atoms with E-state index < -0.39 is 0 Å². The third-order valence-electron chi connectivity index (χ3n) is 15.6. The minimum atomic E-state index is -0.131. The fourth-order valence-corrected chi connectivity index (χ4v) is 12.1. The van der Waals surface area contributed by atoms with Gasteiger partial charge in [0.05, 0.1) is 33.3 Å². The predicted molar refractivity (Wildman–Crippen MR) is 318 cm³/mol. The number of aryl methyl sites for hydroxylation is 1. The zero-order chi connectivity index (χ0) is 52.2. The second-order valence-corrected chi connectivity index (χ2v) is 21.2. The van der Waals surface area contributed by atoms with E-state index >= 15 is 0 Å². The molecule has 0 aliphatic rings. The number of pyridine rings is 1. The quantitative estimate of drug-likeness (QED) is 0.112. The van der Waals surface area contributed by atoms with Crippen LogP contribution < -0.4 is 9.30 Å². The number of rotatable bonds is 8. The van der Waals surface area contributed by atoms with Crippen LogP contribution in [0.1, 0.15) is 26.3 Å². The standard InChI is InChI=1S/C71H50N6O.Pt/c1-71(2,3)48-40-41-72-63(42-48)77-62-44-52(38-39-57(62)65-68-64(55-30-14-16-34-58(55)73(68)4)69-66(70(65)77)56-31-15-17-35-59(56)76(69)49-26-12-7-13-27-49)78-51-29-20-28-50(43-51)74-45-75(61-37-19-18-36-60(61)74)67-53(46-22-8-5-9-23-46)32-21-33-54(67)47-24-10-6-11-25-47;/h5-42H,1-4H3;/q-2;. The van der Waals surface area contributed by atoms with Crippen molar-refractivity contribution in [1.29, 1.82) is 0 Å². The molecular weight excluding hydrogens is 1150 g/mol. The number of hydrogen-bond donors (Lipinski definition) is 0. The van der Waals surface area contributed by atoms with E-state index in [-0.39, 0.29) is 26.5 Å². The van der Waals surface area contributed by atoms with Gasteiger partial charge in [-0.25, -0.2) is 4.98 Å². The molecule has 79 heavy (non-hydrogen) atoms. The topological polar surface area (TPSA) is 45.7 Å². The van der Waals surface area contributed by atoms with Crippen LogP contribution in [0.2, 0.25) is 0 Å². The predicted octanol–water partition coefficient (Wildman–Crippen LogP) is 17.0. The fourth-order valence-electron chi connectivity index (χ4n) is 12.1.